The molecule has 1 nitrogen and oxygen atoms in total. The van der Waals surface area contributed by atoms with Crippen molar-refractivity contribution in [3.05, 3.63) is 0 Å². The molecule has 3 aliphatic rings. The summed E-state index contributed by atoms with van der Waals surface area (Å²) in [6.07, 6.45) is 11.4. The fourth-order valence-electron chi connectivity index (χ4n) is 4.47. The first-order valence-corrected chi connectivity index (χ1v) is 8.11. The number of fused-ring (bicyclic) bond motifs is 2. The standard InChI is InChI=1S/C15H26ClN/c16-15-4-2-1-3-13(15)9-17-10-14-8-11-5-6-12(14)7-11/h11-15,17H,1-10H2. The summed E-state index contributed by atoms with van der Waals surface area (Å²) in [6, 6.07) is 0. The lowest BCUT2D eigenvalue weighted by Crippen LogP contribution is -2.34. The third kappa shape index (κ3) is 2.81. The predicted octanol–water partition coefficient (Wildman–Crippen LogP) is 3.81. The highest BCUT2D eigenvalue weighted by Crippen LogP contribution is 2.47. The van der Waals surface area contributed by atoms with E-state index in [0.29, 0.717) is 5.38 Å². The van der Waals surface area contributed by atoms with Gasteiger partial charge in [-0.1, -0.05) is 19.3 Å². The zero-order valence-electron chi connectivity index (χ0n) is 10.8. The Kier molecular flexibility index (Phi) is 3.97. The van der Waals surface area contributed by atoms with Crippen LogP contribution in [0.1, 0.15) is 51.4 Å². The van der Waals surface area contributed by atoms with Crippen LogP contribution in [-0.4, -0.2) is 18.5 Å². The number of alkyl halides is 1. The van der Waals surface area contributed by atoms with Crippen molar-refractivity contribution >= 4 is 11.6 Å². The lowest BCUT2D eigenvalue weighted by Gasteiger charge is -2.29. The van der Waals surface area contributed by atoms with Crippen molar-refractivity contribution in [3.63, 3.8) is 0 Å². The molecule has 0 amide bonds. The summed E-state index contributed by atoms with van der Waals surface area (Å²) in [5.74, 6) is 3.88. The van der Waals surface area contributed by atoms with Crippen molar-refractivity contribution in [2.24, 2.45) is 23.7 Å². The first-order valence-electron chi connectivity index (χ1n) is 7.67. The summed E-state index contributed by atoms with van der Waals surface area (Å²) >= 11 is 6.40. The quantitative estimate of drug-likeness (QED) is 0.754. The van der Waals surface area contributed by atoms with Crippen LogP contribution in [0, 0.1) is 23.7 Å². The predicted molar refractivity (Wildman–Crippen MR) is 73.4 cm³/mol. The van der Waals surface area contributed by atoms with Gasteiger partial charge < -0.3 is 5.32 Å². The van der Waals surface area contributed by atoms with Crippen LogP contribution in [0.25, 0.3) is 0 Å². The van der Waals surface area contributed by atoms with Gasteiger partial charge in [0.15, 0.2) is 0 Å². The average molecular weight is 256 g/mol. The smallest absolute Gasteiger partial charge is 0.0376 e. The van der Waals surface area contributed by atoms with Gasteiger partial charge in [-0.05, 0) is 68.9 Å². The van der Waals surface area contributed by atoms with E-state index in [0.717, 1.165) is 23.7 Å². The Morgan fingerprint density at radius 3 is 2.41 bits per heavy atom. The van der Waals surface area contributed by atoms with Gasteiger partial charge in [0.05, 0.1) is 0 Å². The molecular weight excluding hydrogens is 230 g/mol. The molecule has 0 heterocycles. The number of nitrogens with one attached hydrogen (secondary N) is 1. The summed E-state index contributed by atoms with van der Waals surface area (Å²) < 4.78 is 0. The summed E-state index contributed by atoms with van der Waals surface area (Å²) in [5, 5.41) is 4.17. The van der Waals surface area contributed by atoms with E-state index in [1.54, 1.807) is 0 Å². The molecule has 5 atom stereocenters. The van der Waals surface area contributed by atoms with Crippen molar-refractivity contribution in [1.82, 2.24) is 5.32 Å². The number of hydrogen-bond acceptors (Lipinski definition) is 1. The van der Waals surface area contributed by atoms with E-state index in [-0.39, 0.29) is 0 Å². The van der Waals surface area contributed by atoms with E-state index in [1.165, 1.54) is 64.5 Å². The van der Waals surface area contributed by atoms with E-state index in [4.69, 9.17) is 11.6 Å². The molecule has 98 valence electrons. The molecule has 3 aliphatic carbocycles. The molecule has 3 fully saturated rings. The van der Waals surface area contributed by atoms with Gasteiger partial charge in [0.2, 0.25) is 0 Å². The van der Waals surface area contributed by atoms with E-state index in [9.17, 15) is 0 Å². The highest BCUT2D eigenvalue weighted by atomic mass is 35.5. The maximum absolute atomic E-state index is 6.40. The third-order valence-corrected chi connectivity index (χ3v) is 6.09. The van der Waals surface area contributed by atoms with Gasteiger partial charge in [0, 0.05) is 5.38 Å². The lowest BCUT2D eigenvalue weighted by molar-refractivity contribution is 0.294. The fourth-order valence-corrected chi connectivity index (χ4v) is 4.84. The Labute approximate surface area is 111 Å². The summed E-state index contributed by atoms with van der Waals surface area (Å²) in [5.41, 5.74) is 0. The van der Waals surface area contributed by atoms with E-state index in [1.807, 2.05) is 0 Å². The Balaban J connectivity index is 1.37. The molecular formula is C15H26ClN. The van der Waals surface area contributed by atoms with Crippen molar-refractivity contribution in [1.29, 1.82) is 0 Å². The van der Waals surface area contributed by atoms with Crippen molar-refractivity contribution in [3.8, 4) is 0 Å². The van der Waals surface area contributed by atoms with Crippen LogP contribution in [0.15, 0.2) is 0 Å². The maximum Gasteiger partial charge on any atom is 0.0376 e. The Morgan fingerprint density at radius 2 is 1.71 bits per heavy atom. The molecule has 5 unspecified atom stereocenters. The second-order valence-corrected chi connectivity index (χ2v) is 7.21. The summed E-state index contributed by atoms with van der Waals surface area (Å²) in [7, 11) is 0. The molecule has 1 N–H and O–H groups in total. The molecule has 17 heavy (non-hydrogen) atoms. The van der Waals surface area contributed by atoms with Crippen LogP contribution in [-0.2, 0) is 0 Å². The minimum Gasteiger partial charge on any atom is -0.316 e. The van der Waals surface area contributed by atoms with E-state index in [2.05, 4.69) is 5.32 Å². The van der Waals surface area contributed by atoms with E-state index < -0.39 is 0 Å². The zero-order chi connectivity index (χ0) is 11.7. The van der Waals surface area contributed by atoms with Crippen LogP contribution in [0.4, 0.5) is 0 Å². The monoisotopic (exact) mass is 255 g/mol. The van der Waals surface area contributed by atoms with Crippen molar-refractivity contribution < 1.29 is 0 Å². The zero-order valence-corrected chi connectivity index (χ0v) is 11.6. The number of rotatable bonds is 4. The summed E-state index contributed by atoms with van der Waals surface area (Å²) in [4.78, 5) is 0. The molecule has 0 aromatic heterocycles. The molecule has 0 aromatic rings. The normalized spacial score (nSPS) is 45.4. The highest BCUT2D eigenvalue weighted by Gasteiger charge is 2.39. The minimum atomic E-state index is 0.441. The van der Waals surface area contributed by atoms with Gasteiger partial charge >= 0.3 is 0 Å². The second kappa shape index (κ2) is 5.48. The van der Waals surface area contributed by atoms with E-state index >= 15 is 0 Å². The van der Waals surface area contributed by atoms with Gasteiger partial charge in [-0.3, -0.25) is 0 Å². The first-order chi connectivity index (χ1) is 8.33. The summed E-state index contributed by atoms with van der Waals surface area (Å²) in [6.45, 7) is 2.43. The topological polar surface area (TPSA) is 12.0 Å². The number of halogens is 1. The molecule has 0 radical (unpaired) electrons. The lowest BCUT2D eigenvalue weighted by atomic mass is 9.87. The fraction of sp³-hybridized carbons (Fsp3) is 1.00. The van der Waals surface area contributed by atoms with Crippen LogP contribution >= 0.6 is 11.6 Å². The molecule has 0 aliphatic heterocycles. The largest absolute Gasteiger partial charge is 0.316 e. The molecule has 0 aromatic carbocycles. The van der Waals surface area contributed by atoms with Crippen LogP contribution < -0.4 is 5.32 Å². The average Bonchev–Trinajstić information content (AvgIpc) is 2.94. The molecule has 3 rings (SSSR count). The first kappa shape index (κ1) is 12.3. The van der Waals surface area contributed by atoms with Crippen LogP contribution in [0.5, 0.6) is 0 Å². The molecule has 2 bridgehead atoms. The minimum absolute atomic E-state index is 0.441. The van der Waals surface area contributed by atoms with Gasteiger partial charge in [0.25, 0.3) is 0 Å². The Bertz CT molecular complexity index is 253. The molecule has 0 spiro atoms. The van der Waals surface area contributed by atoms with Crippen molar-refractivity contribution in [2.75, 3.05) is 13.1 Å². The Morgan fingerprint density at radius 1 is 0.882 bits per heavy atom. The highest BCUT2D eigenvalue weighted by molar-refractivity contribution is 6.20. The van der Waals surface area contributed by atoms with Crippen LogP contribution in [0.2, 0.25) is 0 Å². The van der Waals surface area contributed by atoms with Crippen LogP contribution in [0.3, 0.4) is 0 Å². The van der Waals surface area contributed by atoms with Gasteiger partial charge in [-0.25, -0.2) is 0 Å². The molecule has 2 heteroatoms. The van der Waals surface area contributed by atoms with Gasteiger partial charge in [0.1, 0.15) is 0 Å². The maximum atomic E-state index is 6.40. The third-order valence-electron chi connectivity index (χ3n) is 5.51. The molecule has 0 saturated heterocycles. The molecule has 3 saturated carbocycles. The second-order valence-electron chi connectivity index (χ2n) is 6.65. The van der Waals surface area contributed by atoms with Gasteiger partial charge in [-0.15, -0.1) is 11.6 Å². The SMILES string of the molecule is ClC1CCCCC1CNCC1CC2CCC1C2. The van der Waals surface area contributed by atoms with Gasteiger partial charge in [-0.2, -0.15) is 0 Å². The Hall–Kier alpha value is 0.250. The van der Waals surface area contributed by atoms with Crippen molar-refractivity contribution in [2.45, 2.75) is 56.7 Å². The number of hydrogen-bond donors (Lipinski definition) is 1.